The molecule has 1 fully saturated rings. The number of amides is 3. The molecule has 2 aliphatic heterocycles. The van der Waals surface area contributed by atoms with E-state index in [0.29, 0.717) is 27.8 Å². The molecule has 9 heteroatoms. The first-order valence-electron chi connectivity index (χ1n) is 12.8. The van der Waals surface area contributed by atoms with Gasteiger partial charge in [0.25, 0.3) is 17.7 Å². The highest BCUT2D eigenvalue weighted by Crippen LogP contribution is 2.37. The third-order valence-corrected chi connectivity index (χ3v) is 7.52. The molecule has 0 aromatic heterocycles. The lowest BCUT2D eigenvalue weighted by Gasteiger charge is -2.43. The molecule has 202 valence electrons. The van der Waals surface area contributed by atoms with E-state index in [1.54, 1.807) is 54.6 Å². The number of nitrogens with zero attached hydrogens (tertiary/aromatic N) is 3. The number of hydrazine groups is 1. The van der Waals surface area contributed by atoms with Gasteiger partial charge in [-0.25, -0.2) is 10.0 Å². The summed E-state index contributed by atoms with van der Waals surface area (Å²) in [4.78, 5) is 45.3. The number of β-lactam (4-membered cyclic amide) rings is 1. The van der Waals surface area contributed by atoms with Gasteiger partial charge in [-0.1, -0.05) is 84.4 Å². The van der Waals surface area contributed by atoms with Crippen molar-refractivity contribution >= 4 is 58.5 Å². The fourth-order valence-corrected chi connectivity index (χ4v) is 5.23. The van der Waals surface area contributed by atoms with Crippen LogP contribution in [0, 0.1) is 0 Å². The Bertz CT molecular complexity index is 1690. The topological polar surface area (TPSA) is 82.1 Å². The molecule has 3 amide bonds. The monoisotopic (exact) mass is 580 g/mol. The standard InChI is InChI=1S/C32H22Cl2N4O3/c33-24-15-11-21(12-16-24)28-27(34)32(41)38(28)36-30(39)23-13-17-25(18-14-23)37-29(22-9-5-2-6-10-22)35-26(31(37)40)19-20-7-3-1-4-8-20/h1-19,27-28H,(H,36,39)/b26-19-. The van der Waals surface area contributed by atoms with Gasteiger partial charge in [-0.2, -0.15) is 0 Å². The quantitative estimate of drug-likeness (QED) is 0.172. The Kier molecular flexibility index (Phi) is 7.14. The van der Waals surface area contributed by atoms with Gasteiger partial charge in [0.15, 0.2) is 0 Å². The Hall–Kier alpha value is -4.72. The van der Waals surface area contributed by atoms with Crippen molar-refractivity contribution in [2.75, 3.05) is 4.90 Å². The molecule has 41 heavy (non-hydrogen) atoms. The molecule has 2 unspecified atom stereocenters. The van der Waals surface area contributed by atoms with Crippen LogP contribution in [0.15, 0.2) is 120 Å². The lowest BCUT2D eigenvalue weighted by atomic mass is 9.95. The second-order valence-electron chi connectivity index (χ2n) is 9.48. The first-order chi connectivity index (χ1) is 19.9. The minimum atomic E-state index is -0.797. The van der Waals surface area contributed by atoms with Gasteiger partial charge in [0.05, 0.1) is 5.69 Å². The molecule has 1 N–H and O–H groups in total. The van der Waals surface area contributed by atoms with E-state index in [0.717, 1.165) is 16.7 Å². The van der Waals surface area contributed by atoms with Crippen molar-refractivity contribution in [1.82, 2.24) is 10.4 Å². The van der Waals surface area contributed by atoms with Crippen LogP contribution in [-0.4, -0.2) is 33.9 Å². The normalized spacial score (nSPS) is 19.3. The van der Waals surface area contributed by atoms with Crippen LogP contribution in [0.25, 0.3) is 6.08 Å². The lowest BCUT2D eigenvalue weighted by molar-refractivity contribution is -0.149. The second kappa shape index (κ2) is 11.0. The number of benzene rings is 4. The van der Waals surface area contributed by atoms with Crippen molar-refractivity contribution < 1.29 is 14.4 Å². The molecule has 0 radical (unpaired) electrons. The van der Waals surface area contributed by atoms with Gasteiger partial charge in [0, 0.05) is 16.1 Å². The van der Waals surface area contributed by atoms with E-state index in [2.05, 4.69) is 10.4 Å². The van der Waals surface area contributed by atoms with Crippen LogP contribution in [-0.2, 0) is 9.59 Å². The molecule has 4 aromatic carbocycles. The van der Waals surface area contributed by atoms with Crippen LogP contribution >= 0.6 is 23.2 Å². The average Bonchev–Trinajstić information content (AvgIpc) is 3.33. The summed E-state index contributed by atoms with van der Waals surface area (Å²) in [7, 11) is 0. The van der Waals surface area contributed by atoms with Gasteiger partial charge in [0.1, 0.15) is 23.0 Å². The third-order valence-electron chi connectivity index (χ3n) is 6.85. The van der Waals surface area contributed by atoms with E-state index in [1.807, 2.05) is 60.7 Å². The van der Waals surface area contributed by atoms with E-state index in [4.69, 9.17) is 23.2 Å². The summed E-state index contributed by atoms with van der Waals surface area (Å²) in [6.07, 6.45) is 1.75. The predicted octanol–water partition coefficient (Wildman–Crippen LogP) is 6.01. The molecule has 4 aromatic rings. The summed E-state index contributed by atoms with van der Waals surface area (Å²) < 4.78 is 0. The number of hydrogen-bond donors (Lipinski definition) is 1. The van der Waals surface area contributed by atoms with E-state index in [1.165, 1.54) is 9.91 Å². The molecule has 7 nitrogen and oxygen atoms in total. The highest BCUT2D eigenvalue weighted by Gasteiger charge is 2.48. The van der Waals surface area contributed by atoms with E-state index in [-0.39, 0.29) is 5.91 Å². The molecule has 0 bridgehead atoms. The molecule has 0 spiro atoms. The summed E-state index contributed by atoms with van der Waals surface area (Å²) >= 11 is 12.3. The van der Waals surface area contributed by atoms with E-state index < -0.39 is 23.2 Å². The molecule has 2 heterocycles. The van der Waals surface area contributed by atoms with Crippen molar-refractivity contribution in [3.63, 3.8) is 0 Å². The third kappa shape index (κ3) is 5.13. The fourth-order valence-electron chi connectivity index (χ4n) is 4.74. The zero-order valence-electron chi connectivity index (χ0n) is 21.4. The van der Waals surface area contributed by atoms with Crippen LogP contribution in [0.5, 0.6) is 0 Å². The fraction of sp³-hybridized carbons (Fsp3) is 0.0625. The largest absolute Gasteiger partial charge is 0.282 e. The maximum atomic E-state index is 13.6. The number of amidine groups is 1. The molecular weight excluding hydrogens is 559 g/mol. The highest BCUT2D eigenvalue weighted by molar-refractivity contribution is 6.34. The number of aliphatic imine (C=N–C) groups is 1. The zero-order chi connectivity index (χ0) is 28.5. The van der Waals surface area contributed by atoms with Gasteiger partial charge in [-0.3, -0.25) is 24.7 Å². The number of alkyl halides is 1. The summed E-state index contributed by atoms with van der Waals surface area (Å²) in [6.45, 7) is 0. The molecular formula is C32H22Cl2N4O3. The van der Waals surface area contributed by atoms with Crippen LogP contribution < -0.4 is 10.3 Å². The number of rotatable bonds is 6. The van der Waals surface area contributed by atoms with Gasteiger partial charge >= 0.3 is 0 Å². The number of halogens is 2. The Balaban J connectivity index is 1.24. The lowest BCUT2D eigenvalue weighted by Crippen LogP contribution is -2.63. The Morgan fingerprint density at radius 2 is 1.46 bits per heavy atom. The number of carbonyl (C=O) groups excluding carboxylic acids is 3. The number of nitrogens with one attached hydrogen (secondary N) is 1. The molecule has 2 aliphatic rings. The van der Waals surface area contributed by atoms with Crippen molar-refractivity contribution in [2.45, 2.75) is 11.4 Å². The second-order valence-corrected chi connectivity index (χ2v) is 10.4. The summed E-state index contributed by atoms with van der Waals surface area (Å²) in [5.41, 5.74) is 6.20. The predicted molar refractivity (Wildman–Crippen MR) is 159 cm³/mol. The minimum absolute atomic E-state index is 0.282. The van der Waals surface area contributed by atoms with Gasteiger partial charge < -0.3 is 0 Å². The smallest absolute Gasteiger partial charge is 0.271 e. The summed E-state index contributed by atoms with van der Waals surface area (Å²) in [5.74, 6) is -0.683. The Morgan fingerprint density at radius 1 is 0.829 bits per heavy atom. The Morgan fingerprint density at radius 3 is 2.12 bits per heavy atom. The highest BCUT2D eigenvalue weighted by atomic mass is 35.5. The number of carbonyl (C=O) groups is 3. The van der Waals surface area contributed by atoms with E-state index in [9.17, 15) is 14.4 Å². The number of hydrogen-bond acceptors (Lipinski definition) is 4. The van der Waals surface area contributed by atoms with Crippen LogP contribution in [0.1, 0.15) is 33.1 Å². The minimum Gasteiger partial charge on any atom is -0.271 e. The van der Waals surface area contributed by atoms with Crippen LogP contribution in [0.3, 0.4) is 0 Å². The van der Waals surface area contributed by atoms with Crippen molar-refractivity contribution in [1.29, 1.82) is 0 Å². The molecule has 6 rings (SSSR count). The first kappa shape index (κ1) is 26.5. The van der Waals surface area contributed by atoms with Crippen molar-refractivity contribution in [3.8, 4) is 0 Å². The Labute approximate surface area is 246 Å². The molecule has 1 saturated heterocycles. The van der Waals surface area contributed by atoms with E-state index >= 15 is 0 Å². The van der Waals surface area contributed by atoms with Gasteiger partial charge in [-0.05, 0) is 53.6 Å². The first-order valence-corrected chi connectivity index (χ1v) is 13.6. The van der Waals surface area contributed by atoms with Gasteiger partial charge in [0.2, 0.25) is 0 Å². The average molecular weight is 581 g/mol. The van der Waals surface area contributed by atoms with Crippen LogP contribution in [0.4, 0.5) is 5.69 Å². The number of anilines is 1. The molecule has 2 atom stereocenters. The maximum absolute atomic E-state index is 13.6. The summed E-state index contributed by atoms with van der Waals surface area (Å²) in [5, 5.41) is 0.983. The van der Waals surface area contributed by atoms with Gasteiger partial charge in [-0.15, -0.1) is 11.6 Å². The van der Waals surface area contributed by atoms with Crippen molar-refractivity contribution in [2.24, 2.45) is 4.99 Å². The van der Waals surface area contributed by atoms with Crippen LogP contribution in [0.2, 0.25) is 5.02 Å². The molecule has 0 aliphatic carbocycles. The van der Waals surface area contributed by atoms with Crippen molar-refractivity contribution in [3.05, 3.63) is 142 Å². The SMILES string of the molecule is O=C(NN1C(=O)C(Cl)C1c1ccc(Cl)cc1)c1ccc(N2C(=O)/C(=C/c3ccccc3)N=C2c2ccccc2)cc1. The maximum Gasteiger partial charge on any atom is 0.282 e. The summed E-state index contributed by atoms with van der Waals surface area (Å²) in [6, 6.07) is 31.9. The molecule has 0 saturated carbocycles. The zero-order valence-corrected chi connectivity index (χ0v) is 23.0.